The summed E-state index contributed by atoms with van der Waals surface area (Å²) in [5, 5.41) is 12.1. The highest BCUT2D eigenvalue weighted by molar-refractivity contribution is 5.83. The average Bonchev–Trinajstić information content (AvgIpc) is 2.93. The van der Waals surface area contributed by atoms with Crippen molar-refractivity contribution in [3.8, 4) is 11.5 Å². The Morgan fingerprint density at radius 1 is 0.892 bits per heavy atom. The van der Waals surface area contributed by atoms with E-state index in [2.05, 4.69) is 53.4 Å². The molecule has 1 aliphatic heterocycles. The third-order valence-electron chi connectivity index (χ3n) is 7.08. The van der Waals surface area contributed by atoms with E-state index in [1.807, 2.05) is 49.4 Å². The van der Waals surface area contributed by atoms with E-state index in [1.54, 1.807) is 0 Å². The summed E-state index contributed by atoms with van der Waals surface area (Å²) >= 11 is 0. The quantitative estimate of drug-likeness (QED) is 0.280. The van der Waals surface area contributed by atoms with Crippen molar-refractivity contribution in [2.45, 2.75) is 32.4 Å². The van der Waals surface area contributed by atoms with Crippen LogP contribution in [0, 0.1) is 5.92 Å². The fourth-order valence-corrected chi connectivity index (χ4v) is 5.25. The minimum Gasteiger partial charge on any atom is -0.490 e. The van der Waals surface area contributed by atoms with Gasteiger partial charge in [-0.1, -0.05) is 72.8 Å². The van der Waals surface area contributed by atoms with Crippen LogP contribution in [-0.2, 0) is 11.4 Å². The summed E-state index contributed by atoms with van der Waals surface area (Å²) in [6.07, 6.45) is 1.57. The number of carboxylic acids is 1. The molecule has 5 heteroatoms. The molecule has 37 heavy (non-hydrogen) atoms. The second-order valence-electron chi connectivity index (χ2n) is 9.59. The molecule has 0 bridgehead atoms. The minimum absolute atomic E-state index is 0.0888. The smallest absolute Gasteiger partial charge is 0.307 e. The number of nitrogens with zero attached hydrogens (tertiary/aromatic N) is 1. The summed E-state index contributed by atoms with van der Waals surface area (Å²) < 4.78 is 12.2. The molecule has 0 aromatic heterocycles. The molecule has 1 N–H and O–H groups in total. The molecule has 2 unspecified atom stereocenters. The molecule has 190 valence electrons. The van der Waals surface area contributed by atoms with Gasteiger partial charge < -0.3 is 14.6 Å². The lowest BCUT2D eigenvalue weighted by Crippen LogP contribution is -2.41. The van der Waals surface area contributed by atoms with E-state index in [0.717, 1.165) is 29.7 Å². The molecule has 1 fully saturated rings. The van der Waals surface area contributed by atoms with Crippen LogP contribution in [-0.4, -0.2) is 35.7 Å². The van der Waals surface area contributed by atoms with E-state index < -0.39 is 5.97 Å². The molecule has 0 amide bonds. The lowest BCUT2D eigenvalue weighted by atomic mass is 9.90. The molecule has 0 saturated carbocycles. The van der Waals surface area contributed by atoms with Crippen LogP contribution in [0.5, 0.6) is 11.5 Å². The second-order valence-corrected chi connectivity index (χ2v) is 9.59. The predicted molar refractivity (Wildman–Crippen MR) is 146 cm³/mol. The maximum Gasteiger partial charge on any atom is 0.307 e. The number of ether oxygens (including phenoxy) is 2. The normalized spacial score (nSPS) is 16.8. The van der Waals surface area contributed by atoms with Crippen LogP contribution in [0.2, 0.25) is 0 Å². The Morgan fingerprint density at radius 2 is 1.62 bits per heavy atom. The number of hydrogen-bond acceptors (Lipinski definition) is 4. The number of benzene rings is 4. The van der Waals surface area contributed by atoms with Crippen LogP contribution in [0.15, 0.2) is 91.0 Å². The first kappa shape index (κ1) is 24.8. The lowest BCUT2D eigenvalue weighted by Gasteiger charge is -2.38. The van der Waals surface area contributed by atoms with Gasteiger partial charge in [-0.2, -0.15) is 0 Å². The molecule has 1 heterocycles. The zero-order valence-electron chi connectivity index (χ0n) is 21.2. The standard InChI is InChI=1S/C32H33NO4/c1-2-36-30-20-27(16-17-29(30)37-22-23-9-4-3-5-10-23)31(33-18-8-13-28(21-33)32(34)35)26-15-14-24-11-6-7-12-25(24)19-26/h3-7,9-12,14-17,19-20,28,31H,2,8,13,18,21-22H2,1H3,(H,34,35). The molecule has 0 aliphatic carbocycles. The molecule has 4 aromatic rings. The highest BCUT2D eigenvalue weighted by atomic mass is 16.5. The first-order valence-electron chi connectivity index (χ1n) is 13.0. The Labute approximate surface area is 218 Å². The highest BCUT2D eigenvalue weighted by Crippen LogP contribution is 2.38. The summed E-state index contributed by atoms with van der Waals surface area (Å²) in [6.45, 7) is 4.31. The third-order valence-corrected chi connectivity index (χ3v) is 7.08. The van der Waals surface area contributed by atoms with E-state index >= 15 is 0 Å². The summed E-state index contributed by atoms with van der Waals surface area (Å²) in [5.41, 5.74) is 3.30. The minimum atomic E-state index is -0.721. The molecule has 1 saturated heterocycles. The number of piperidine rings is 1. The van der Waals surface area contributed by atoms with Crippen LogP contribution in [0.1, 0.15) is 42.5 Å². The van der Waals surface area contributed by atoms with Gasteiger partial charge in [0.15, 0.2) is 11.5 Å². The zero-order chi connectivity index (χ0) is 25.6. The number of carbonyl (C=O) groups is 1. The molecule has 2 atom stereocenters. The Bertz CT molecular complexity index is 1350. The number of hydrogen-bond donors (Lipinski definition) is 1. The van der Waals surface area contributed by atoms with Crippen molar-refractivity contribution in [1.29, 1.82) is 0 Å². The lowest BCUT2D eigenvalue weighted by molar-refractivity contribution is -0.143. The van der Waals surface area contributed by atoms with Crippen molar-refractivity contribution in [3.63, 3.8) is 0 Å². The average molecular weight is 496 g/mol. The predicted octanol–water partition coefficient (Wildman–Crippen LogP) is 6.70. The van der Waals surface area contributed by atoms with Gasteiger partial charge >= 0.3 is 5.97 Å². The van der Waals surface area contributed by atoms with E-state index in [-0.39, 0.29) is 12.0 Å². The molecule has 5 nitrogen and oxygen atoms in total. The van der Waals surface area contributed by atoms with Crippen molar-refractivity contribution in [3.05, 3.63) is 108 Å². The topological polar surface area (TPSA) is 59.0 Å². The van der Waals surface area contributed by atoms with Gasteiger partial charge in [0.2, 0.25) is 0 Å². The van der Waals surface area contributed by atoms with Crippen LogP contribution >= 0.6 is 0 Å². The van der Waals surface area contributed by atoms with Crippen molar-refractivity contribution in [2.24, 2.45) is 5.92 Å². The van der Waals surface area contributed by atoms with Crippen LogP contribution in [0.4, 0.5) is 0 Å². The van der Waals surface area contributed by atoms with E-state index in [1.165, 1.54) is 10.8 Å². The number of fused-ring (bicyclic) bond motifs is 1. The maximum atomic E-state index is 11.9. The van der Waals surface area contributed by atoms with Gasteiger partial charge in [0, 0.05) is 6.54 Å². The SMILES string of the molecule is CCOc1cc(C(c2ccc3ccccc3c2)N2CCCC(C(=O)O)C2)ccc1OCc1ccccc1. The van der Waals surface area contributed by atoms with E-state index in [4.69, 9.17) is 9.47 Å². The number of aliphatic carboxylic acids is 1. The molecule has 5 rings (SSSR count). The number of rotatable bonds is 9. The number of carboxylic acid groups (broad SMARTS) is 1. The van der Waals surface area contributed by atoms with Gasteiger partial charge in [-0.3, -0.25) is 9.69 Å². The fourth-order valence-electron chi connectivity index (χ4n) is 5.25. The second kappa shape index (κ2) is 11.5. The largest absolute Gasteiger partial charge is 0.490 e. The maximum absolute atomic E-state index is 11.9. The monoisotopic (exact) mass is 495 g/mol. The zero-order valence-corrected chi connectivity index (χ0v) is 21.2. The molecule has 4 aromatic carbocycles. The molecule has 1 aliphatic rings. The first-order chi connectivity index (χ1) is 18.1. The molecule has 0 radical (unpaired) electrons. The van der Waals surface area contributed by atoms with Crippen LogP contribution in [0.3, 0.4) is 0 Å². The summed E-state index contributed by atoms with van der Waals surface area (Å²) in [5.74, 6) is 0.320. The van der Waals surface area contributed by atoms with Crippen molar-refractivity contribution in [1.82, 2.24) is 4.90 Å². The summed E-state index contributed by atoms with van der Waals surface area (Å²) in [6, 6.07) is 31.0. The summed E-state index contributed by atoms with van der Waals surface area (Å²) in [7, 11) is 0. The Hall–Kier alpha value is -3.83. The van der Waals surface area contributed by atoms with Crippen LogP contribution in [0.25, 0.3) is 10.8 Å². The highest BCUT2D eigenvalue weighted by Gasteiger charge is 2.32. The Morgan fingerprint density at radius 3 is 2.41 bits per heavy atom. The van der Waals surface area contributed by atoms with Crippen LogP contribution < -0.4 is 9.47 Å². The summed E-state index contributed by atoms with van der Waals surface area (Å²) in [4.78, 5) is 14.2. The Kier molecular flexibility index (Phi) is 7.71. The molecular formula is C32H33NO4. The first-order valence-corrected chi connectivity index (χ1v) is 13.0. The van der Waals surface area contributed by atoms with Gasteiger partial charge in [-0.25, -0.2) is 0 Å². The van der Waals surface area contributed by atoms with Gasteiger partial charge in [0.25, 0.3) is 0 Å². The van der Waals surface area contributed by atoms with Gasteiger partial charge in [0.1, 0.15) is 6.61 Å². The molecule has 0 spiro atoms. The van der Waals surface area contributed by atoms with E-state index in [0.29, 0.717) is 37.7 Å². The van der Waals surface area contributed by atoms with Gasteiger partial charge in [-0.15, -0.1) is 0 Å². The van der Waals surface area contributed by atoms with E-state index in [9.17, 15) is 9.90 Å². The van der Waals surface area contributed by atoms with Crippen molar-refractivity contribution < 1.29 is 19.4 Å². The third kappa shape index (κ3) is 5.78. The fraction of sp³-hybridized carbons (Fsp3) is 0.281. The molecular weight excluding hydrogens is 462 g/mol. The Balaban J connectivity index is 1.52. The number of likely N-dealkylation sites (tertiary alicyclic amines) is 1. The van der Waals surface area contributed by atoms with Gasteiger partial charge in [-0.05, 0) is 72.0 Å². The van der Waals surface area contributed by atoms with Crippen molar-refractivity contribution >= 4 is 16.7 Å². The van der Waals surface area contributed by atoms with Gasteiger partial charge in [0.05, 0.1) is 18.6 Å². The van der Waals surface area contributed by atoms with Crippen molar-refractivity contribution in [2.75, 3.05) is 19.7 Å².